The summed E-state index contributed by atoms with van der Waals surface area (Å²) in [6.45, 7) is 4.38. The molecule has 90 valence electrons. The van der Waals surface area contributed by atoms with Crippen molar-refractivity contribution in [3.8, 4) is 0 Å². The summed E-state index contributed by atoms with van der Waals surface area (Å²) >= 11 is 2.02. The molecule has 0 aliphatic rings. The van der Waals surface area contributed by atoms with Crippen LogP contribution in [-0.4, -0.2) is 18.8 Å². The number of nitrogens with one attached hydrogen (secondary N) is 1. The van der Waals surface area contributed by atoms with Crippen LogP contribution in [0.4, 0.5) is 0 Å². The predicted molar refractivity (Wildman–Crippen MR) is 75.1 cm³/mol. The Hall–Kier alpha value is -0.470. The lowest BCUT2D eigenvalue weighted by Gasteiger charge is -2.14. The Morgan fingerprint density at radius 1 is 1.25 bits per heavy atom. The molecular weight excluding hydrogens is 214 g/mol. The van der Waals surface area contributed by atoms with Crippen LogP contribution < -0.4 is 5.32 Å². The molecule has 1 aromatic carbocycles. The molecule has 1 rings (SSSR count). The van der Waals surface area contributed by atoms with Crippen LogP contribution in [-0.2, 0) is 5.75 Å². The summed E-state index contributed by atoms with van der Waals surface area (Å²) in [6.07, 6.45) is 2.54. The van der Waals surface area contributed by atoms with Gasteiger partial charge in [-0.15, -0.1) is 0 Å². The monoisotopic (exact) mass is 237 g/mol. The Morgan fingerprint density at radius 2 is 1.94 bits per heavy atom. The fourth-order valence-corrected chi connectivity index (χ4v) is 2.83. The van der Waals surface area contributed by atoms with E-state index in [0.29, 0.717) is 6.04 Å². The highest BCUT2D eigenvalue weighted by molar-refractivity contribution is 7.98. The van der Waals surface area contributed by atoms with Crippen molar-refractivity contribution in [2.45, 2.75) is 38.5 Å². The van der Waals surface area contributed by atoms with Gasteiger partial charge >= 0.3 is 0 Å². The van der Waals surface area contributed by atoms with E-state index in [4.69, 9.17) is 0 Å². The van der Waals surface area contributed by atoms with Crippen molar-refractivity contribution >= 4 is 11.8 Å². The average Bonchev–Trinajstić information content (AvgIpc) is 2.30. The van der Waals surface area contributed by atoms with Crippen molar-refractivity contribution in [2.24, 2.45) is 0 Å². The molecule has 0 aliphatic heterocycles. The van der Waals surface area contributed by atoms with Gasteiger partial charge in [-0.05, 0) is 26.0 Å². The maximum absolute atomic E-state index is 3.38. The molecule has 0 aliphatic carbocycles. The van der Waals surface area contributed by atoms with Crippen LogP contribution in [0.15, 0.2) is 24.3 Å². The van der Waals surface area contributed by atoms with Gasteiger partial charge in [0.1, 0.15) is 0 Å². The minimum Gasteiger partial charge on any atom is -0.316 e. The smallest absolute Gasteiger partial charge is 0.0185 e. The van der Waals surface area contributed by atoms with Gasteiger partial charge < -0.3 is 5.32 Å². The third-order valence-electron chi connectivity index (χ3n) is 2.75. The molecule has 0 amide bonds. The first kappa shape index (κ1) is 13.6. The van der Waals surface area contributed by atoms with Crippen LogP contribution in [0, 0.1) is 6.92 Å². The van der Waals surface area contributed by atoms with E-state index < -0.39 is 0 Å². The zero-order valence-electron chi connectivity index (χ0n) is 10.6. The highest BCUT2D eigenvalue weighted by Gasteiger charge is 2.04. The number of aryl methyl sites for hydroxylation is 1. The molecule has 1 atom stereocenters. The lowest BCUT2D eigenvalue weighted by molar-refractivity contribution is 0.564. The van der Waals surface area contributed by atoms with E-state index in [1.807, 2.05) is 11.8 Å². The quantitative estimate of drug-likeness (QED) is 0.777. The number of hydrogen-bond donors (Lipinski definition) is 1. The second-order valence-corrected chi connectivity index (χ2v) is 5.31. The topological polar surface area (TPSA) is 12.0 Å². The van der Waals surface area contributed by atoms with Gasteiger partial charge in [0.05, 0.1) is 0 Å². The average molecular weight is 237 g/mol. The molecule has 1 N–H and O–H groups in total. The highest BCUT2D eigenvalue weighted by Crippen LogP contribution is 2.15. The Balaban J connectivity index is 2.26. The van der Waals surface area contributed by atoms with Crippen LogP contribution in [0.2, 0.25) is 0 Å². The molecule has 1 unspecified atom stereocenters. The first-order valence-corrected chi connectivity index (χ1v) is 7.22. The molecule has 0 saturated heterocycles. The zero-order chi connectivity index (χ0) is 11.8. The largest absolute Gasteiger partial charge is 0.316 e. The summed E-state index contributed by atoms with van der Waals surface area (Å²) in [5, 5.41) is 3.38. The van der Waals surface area contributed by atoms with Gasteiger partial charge in [-0.3, -0.25) is 0 Å². The van der Waals surface area contributed by atoms with Crippen LogP contribution in [0.5, 0.6) is 0 Å². The number of rotatable bonds is 7. The fraction of sp³-hybridized carbons (Fsp3) is 0.571. The van der Waals surface area contributed by atoms with Crippen LogP contribution in [0.25, 0.3) is 0 Å². The van der Waals surface area contributed by atoms with Crippen molar-refractivity contribution in [3.05, 3.63) is 35.4 Å². The van der Waals surface area contributed by atoms with Crippen molar-refractivity contribution in [2.75, 3.05) is 12.8 Å². The summed E-state index contributed by atoms with van der Waals surface area (Å²) in [6, 6.07) is 9.52. The molecule has 0 bridgehead atoms. The van der Waals surface area contributed by atoms with Gasteiger partial charge in [0.2, 0.25) is 0 Å². The predicted octanol–water partition coefficient (Wildman–Crippen LogP) is 3.62. The Kier molecular flexibility index (Phi) is 6.58. The molecule has 0 fully saturated rings. The van der Waals surface area contributed by atoms with Crippen molar-refractivity contribution in [3.63, 3.8) is 0 Å². The summed E-state index contributed by atoms with van der Waals surface area (Å²) in [4.78, 5) is 0. The van der Waals surface area contributed by atoms with E-state index in [1.54, 1.807) is 0 Å². The Bertz CT molecular complexity index is 281. The maximum Gasteiger partial charge on any atom is 0.0185 e. The van der Waals surface area contributed by atoms with Gasteiger partial charge in [-0.25, -0.2) is 0 Å². The van der Waals surface area contributed by atoms with Crippen LogP contribution in [0.1, 0.15) is 30.9 Å². The van der Waals surface area contributed by atoms with Crippen LogP contribution >= 0.6 is 11.8 Å². The van der Waals surface area contributed by atoms with E-state index in [9.17, 15) is 0 Å². The summed E-state index contributed by atoms with van der Waals surface area (Å²) in [5.74, 6) is 2.33. The van der Waals surface area contributed by atoms with Crippen molar-refractivity contribution < 1.29 is 0 Å². The molecule has 0 saturated carbocycles. The van der Waals surface area contributed by atoms with Gasteiger partial charge in [0.25, 0.3) is 0 Å². The highest BCUT2D eigenvalue weighted by atomic mass is 32.2. The fourth-order valence-electron chi connectivity index (χ4n) is 1.66. The molecular formula is C14H23NS. The second kappa shape index (κ2) is 7.75. The lowest BCUT2D eigenvalue weighted by atomic mass is 10.2. The molecule has 0 heterocycles. The number of thioether (sulfide) groups is 1. The van der Waals surface area contributed by atoms with Crippen molar-refractivity contribution in [1.82, 2.24) is 5.32 Å². The van der Waals surface area contributed by atoms with E-state index >= 15 is 0 Å². The normalized spacial score (nSPS) is 12.7. The number of hydrogen-bond acceptors (Lipinski definition) is 2. The lowest BCUT2D eigenvalue weighted by Crippen LogP contribution is -2.27. The zero-order valence-corrected chi connectivity index (χ0v) is 11.4. The molecule has 2 heteroatoms. The molecule has 1 nitrogen and oxygen atoms in total. The Morgan fingerprint density at radius 3 is 2.50 bits per heavy atom. The first-order chi connectivity index (χ1) is 7.76. The summed E-state index contributed by atoms with van der Waals surface area (Å²) in [7, 11) is 2.06. The van der Waals surface area contributed by atoms with Gasteiger partial charge in [-0.1, -0.05) is 43.2 Å². The van der Waals surface area contributed by atoms with E-state index in [-0.39, 0.29) is 0 Å². The van der Waals surface area contributed by atoms with Gasteiger partial charge in [0.15, 0.2) is 0 Å². The molecule has 0 radical (unpaired) electrons. The molecule has 0 spiro atoms. The van der Waals surface area contributed by atoms with E-state index in [0.717, 1.165) is 5.75 Å². The van der Waals surface area contributed by atoms with E-state index in [1.165, 1.54) is 29.7 Å². The second-order valence-electron chi connectivity index (χ2n) is 4.28. The summed E-state index contributed by atoms with van der Waals surface area (Å²) < 4.78 is 0. The molecule has 16 heavy (non-hydrogen) atoms. The third-order valence-corrected chi connectivity index (χ3v) is 3.93. The first-order valence-electron chi connectivity index (χ1n) is 6.06. The van der Waals surface area contributed by atoms with Gasteiger partial charge in [-0.2, -0.15) is 11.8 Å². The minimum atomic E-state index is 0.667. The minimum absolute atomic E-state index is 0.667. The molecule has 0 aromatic heterocycles. The summed E-state index contributed by atoms with van der Waals surface area (Å²) in [5.41, 5.74) is 2.77. The number of benzene rings is 1. The van der Waals surface area contributed by atoms with Gasteiger partial charge in [0, 0.05) is 17.5 Å². The standard InChI is InChI=1S/C14H23NS/c1-4-5-14(15-3)11-16-10-13-8-6-12(2)7-9-13/h6-9,14-15H,4-5,10-11H2,1-3H3. The SMILES string of the molecule is CCCC(CSCc1ccc(C)cc1)NC. The van der Waals surface area contributed by atoms with Crippen molar-refractivity contribution in [1.29, 1.82) is 0 Å². The molecule has 1 aromatic rings. The van der Waals surface area contributed by atoms with E-state index in [2.05, 4.69) is 50.5 Å². The van der Waals surface area contributed by atoms with Crippen LogP contribution in [0.3, 0.4) is 0 Å². The third kappa shape index (κ3) is 5.04. The maximum atomic E-state index is 3.38. The Labute approximate surface area is 104 Å².